The van der Waals surface area contributed by atoms with E-state index in [0.717, 1.165) is 10.0 Å². The predicted octanol–water partition coefficient (Wildman–Crippen LogP) is 5.89. The van der Waals surface area contributed by atoms with E-state index >= 15 is 0 Å². The van der Waals surface area contributed by atoms with E-state index in [4.69, 9.17) is 16.3 Å². The fourth-order valence-electron chi connectivity index (χ4n) is 3.11. The third kappa shape index (κ3) is 4.86. The van der Waals surface area contributed by atoms with Crippen LogP contribution in [0.1, 0.15) is 22.5 Å². The molecule has 3 aromatic carbocycles. The van der Waals surface area contributed by atoms with Gasteiger partial charge in [0, 0.05) is 15.1 Å². The lowest BCUT2D eigenvalue weighted by atomic mass is 10.1. The molecule has 0 saturated carbocycles. The van der Waals surface area contributed by atoms with Crippen molar-refractivity contribution in [1.82, 2.24) is 9.66 Å². The molecule has 1 aromatic heterocycles. The van der Waals surface area contributed by atoms with Crippen LogP contribution in [0.3, 0.4) is 0 Å². The average Bonchev–Trinajstić information content (AvgIpc) is 2.75. The van der Waals surface area contributed by atoms with Crippen LogP contribution < -0.4 is 10.3 Å². The predicted molar refractivity (Wildman–Crippen MR) is 128 cm³/mol. The number of ether oxygens (including phenoxy) is 1. The monoisotopic (exact) mass is 495 g/mol. The van der Waals surface area contributed by atoms with Gasteiger partial charge in [0.25, 0.3) is 5.56 Å². The third-order valence-electron chi connectivity index (χ3n) is 4.77. The smallest absolute Gasteiger partial charge is 0.282 e. The standard InChI is InChI=1S/C24H19BrClN3O2/c1-15-3-5-17(6-4-15)14-31-23-10-8-20(26)11-18(23)13-27-29-16(2)28-22-9-7-19(25)12-21(22)24(29)30/h3-13H,14H2,1-2H3. The zero-order chi connectivity index (χ0) is 22.0. The zero-order valence-corrected chi connectivity index (χ0v) is 19.3. The Kier molecular flexibility index (Phi) is 6.20. The average molecular weight is 497 g/mol. The van der Waals surface area contributed by atoms with E-state index in [0.29, 0.717) is 39.7 Å². The summed E-state index contributed by atoms with van der Waals surface area (Å²) in [7, 11) is 0. The molecule has 31 heavy (non-hydrogen) atoms. The summed E-state index contributed by atoms with van der Waals surface area (Å²) in [6.07, 6.45) is 1.57. The van der Waals surface area contributed by atoms with Crippen LogP contribution in [0.2, 0.25) is 5.02 Å². The second-order valence-corrected chi connectivity index (χ2v) is 8.49. The minimum Gasteiger partial charge on any atom is -0.488 e. The van der Waals surface area contributed by atoms with Crippen LogP contribution in [0.4, 0.5) is 0 Å². The molecule has 1 heterocycles. The Labute approximate surface area is 193 Å². The molecule has 0 unspecified atom stereocenters. The highest BCUT2D eigenvalue weighted by molar-refractivity contribution is 9.10. The number of hydrogen-bond donors (Lipinski definition) is 0. The Bertz CT molecular complexity index is 1350. The lowest BCUT2D eigenvalue weighted by Crippen LogP contribution is -2.20. The fourth-order valence-corrected chi connectivity index (χ4v) is 3.65. The number of halogens is 2. The van der Waals surface area contributed by atoms with E-state index in [1.807, 2.05) is 37.3 Å². The Hall–Kier alpha value is -2.96. The largest absolute Gasteiger partial charge is 0.488 e. The van der Waals surface area contributed by atoms with E-state index < -0.39 is 0 Å². The molecular weight excluding hydrogens is 478 g/mol. The molecule has 0 atom stereocenters. The molecule has 0 bridgehead atoms. The number of fused-ring (bicyclic) bond motifs is 1. The maximum Gasteiger partial charge on any atom is 0.282 e. The van der Waals surface area contributed by atoms with Gasteiger partial charge in [-0.05, 0) is 55.8 Å². The first-order valence-corrected chi connectivity index (χ1v) is 10.8. The molecule has 0 aliphatic rings. The van der Waals surface area contributed by atoms with Gasteiger partial charge in [-0.25, -0.2) is 4.98 Å². The highest BCUT2D eigenvalue weighted by Crippen LogP contribution is 2.23. The Morgan fingerprint density at radius 1 is 1.10 bits per heavy atom. The van der Waals surface area contributed by atoms with Crippen LogP contribution in [0.15, 0.2) is 75.0 Å². The highest BCUT2D eigenvalue weighted by Gasteiger charge is 2.09. The van der Waals surface area contributed by atoms with Crippen molar-refractivity contribution in [1.29, 1.82) is 0 Å². The lowest BCUT2D eigenvalue weighted by molar-refractivity contribution is 0.306. The number of rotatable bonds is 5. The van der Waals surface area contributed by atoms with Crippen LogP contribution in [0.25, 0.3) is 10.9 Å². The molecule has 0 radical (unpaired) electrons. The summed E-state index contributed by atoms with van der Waals surface area (Å²) < 4.78 is 8.08. The summed E-state index contributed by atoms with van der Waals surface area (Å²) in [6.45, 7) is 4.20. The van der Waals surface area contributed by atoms with Gasteiger partial charge in [-0.15, -0.1) is 0 Å². The number of aromatic nitrogens is 2. The molecule has 0 aliphatic heterocycles. The molecule has 0 amide bonds. The summed E-state index contributed by atoms with van der Waals surface area (Å²) in [5, 5.41) is 5.42. The van der Waals surface area contributed by atoms with E-state index in [9.17, 15) is 4.79 Å². The molecule has 5 nitrogen and oxygen atoms in total. The first kappa shape index (κ1) is 21.3. The maximum atomic E-state index is 12.9. The Balaban J connectivity index is 1.67. The van der Waals surface area contributed by atoms with Gasteiger partial charge in [0.1, 0.15) is 18.2 Å². The van der Waals surface area contributed by atoms with Gasteiger partial charge in [-0.2, -0.15) is 9.78 Å². The number of aryl methyl sites for hydroxylation is 2. The zero-order valence-electron chi connectivity index (χ0n) is 17.0. The SMILES string of the molecule is Cc1ccc(COc2ccc(Cl)cc2C=Nn2c(C)nc3ccc(Br)cc3c2=O)cc1. The molecule has 4 aromatic rings. The normalized spacial score (nSPS) is 11.4. The van der Waals surface area contributed by atoms with Crippen molar-refractivity contribution in [2.24, 2.45) is 5.10 Å². The molecule has 4 rings (SSSR count). The molecule has 0 N–H and O–H groups in total. The fraction of sp³-hybridized carbons (Fsp3) is 0.125. The van der Waals surface area contributed by atoms with Crippen molar-refractivity contribution in [2.75, 3.05) is 0 Å². The quantitative estimate of drug-likeness (QED) is 0.324. The van der Waals surface area contributed by atoms with Crippen LogP contribution >= 0.6 is 27.5 Å². The first-order valence-electron chi connectivity index (χ1n) is 9.62. The van der Waals surface area contributed by atoms with Crippen molar-refractivity contribution in [2.45, 2.75) is 20.5 Å². The Morgan fingerprint density at radius 3 is 2.65 bits per heavy atom. The van der Waals surface area contributed by atoms with E-state index in [2.05, 4.69) is 26.0 Å². The number of nitrogens with zero attached hydrogens (tertiary/aromatic N) is 3. The summed E-state index contributed by atoms with van der Waals surface area (Å²) in [4.78, 5) is 17.4. The maximum absolute atomic E-state index is 12.9. The van der Waals surface area contributed by atoms with Gasteiger partial charge in [0.05, 0.1) is 17.1 Å². The van der Waals surface area contributed by atoms with Crippen LogP contribution in [-0.4, -0.2) is 15.9 Å². The third-order valence-corrected chi connectivity index (χ3v) is 5.50. The number of hydrogen-bond acceptors (Lipinski definition) is 4. The van der Waals surface area contributed by atoms with E-state index in [1.165, 1.54) is 10.2 Å². The van der Waals surface area contributed by atoms with E-state index in [-0.39, 0.29) is 5.56 Å². The van der Waals surface area contributed by atoms with Crippen LogP contribution in [-0.2, 0) is 6.61 Å². The summed E-state index contributed by atoms with van der Waals surface area (Å²) in [6, 6.07) is 18.8. The Morgan fingerprint density at radius 2 is 1.87 bits per heavy atom. The minimum absolute atomic E-state index is 0.246. The summed E-state index contributed by atoms with van der Waals surface area (Å²) in [5.41, 5.74) is 3.30. The first-order chi connectivity index (χ1) is 14.9. The number of benzene rings is 3. The van der Waals surface area contributed by atoms with Crippen molar-refractivity contribution in [3.63, 3.8) is 0 Å². The topological polar surface area (TPSA) is 56.5 Å². The van der Waals surface area contributed by atoms with Crippen LogP contribution in [0.5, 0.6) is 5.75 Å². The van der Waals surface area contributed by atoms with Crippen molar-refractivity contribution >= 4 is 44.6 Å². The van der Waals surface area contributed by atoms with Crippen molar-refractivity contribution in [3.8, 4) is 5.75 Å². The van der Waals surface area contributed by atoms with Gasteiger partial charge < -0.3 is 4.74 Å². The van der Waals surface area contributed by atoms with Gasteiger partial charge in [-0.1, -0.05) is 57.4 Å². The summed E-state index contributed by atoms with van der Waals surface area (Å²) >= 11 is 9.59. The second-order valence-electron chi connectivity index (χ2n) is 7.14. The highest BCUT2D eigenvalue weighted by atomic mass is 79.9. The molecule has 0 saturated heterocycles. The molecule has 0 aliphatic carbocycles. The van der Waals surface area contributed by atoms with E-state index in [1.54, 1.807) is 43.5 Å². The second kappa shape index (κ2) is 9.04. The van der Waals surface area contributed by atoms with Gasteiger partial charge in [0.15, 0.2) is 0 Å². The van der Waals surface area contributed by atoms with Gasteiger partial charge >= 0.3 is 0 Å². The molecule has 7 heteroatoms. The van der Waals surface area contributed by atoms with Crippen molar-refractivity contribution in [3.05, 3.63) is 103 Å². The van der Waals surface area contributed by atoms with Gasteiger partial charge in [0.2, 0.25) is 0 Å². The molecular formula is C24H19BrClN3O2. The molecule has 0 spiro atoms. The lowest BCUT2D eigenvalue weighted by Gasteiger charge is -2.10. The van der Waals surface area contributed by atoms with Crippen LogP contribution in [0, 0.1) is 13.8 Å². The van der Waals surface area contributed by atoms with Gasteiger partial charge in [-0.3, -0.25) is 4.79 Å². The minimum atomic E-state index is -0.246. The molecule has 0 fully saturated rings. The molecule has 156 valence electrons. The van der Waals surface area contributed by atoms with Crippen molar-refractivity contribution < 1.29 is 4.74 Å². The summed E-state index contributed by atoms with van der Waals surface area (Å²) in [5.74, 6) is 1.11.